The highest BCUT2D eigenvalue weighted by molar-refractivity contribution is 5.83. The smallest absolute Gasteiger partial charge is 0.246 e. The Hall–Kier alpha value is -3.06. The predicted octanol–water partition coefficient (Wildman–Crippen LogP) is 1.56. The molecule has 7 heteroatoms. The molecule has 2 heterocycles. The minimum absolute atomic E-state index is 0.117. The van der Waals surface area contributed by atoms with Gasteiger partial charge in [-0.15, -0.1) is 0 Å². The molecule has 1 aromatic carbocycles. The molecule has 0 fully saturated rings. The summed E-state index contributed by atoms with van der Waals surface area (Å²) < 4.78 is 2.83. The first-order valence-corrected chi connectivity index (χ1v) is 7.51. The van der Waals surface area contributed by atoms with Crippen molar-refractivity contribution in [1.29, 1.82) is 0 Å². The summed E-state index contributed by atoms with van der Waals surface area (Å²) in [6.07, 6.45) is 9.22. The number of nitrogens with zero attached hydrogens (tertiary/aromatic N) is 5. The second-order valence-corrected chi connectivity index (χ2v) is 5.36. The van der Waals surface area contributed by atoms with Gasteiger partial charge in [0.2, 0.25) is 11.8 Å². The third-order valence-electron chi connectivity index (χ3n) is 3.55. The average molecular weight is 323 g/mol. The van der Waals surface area contributed by atoms with E-state index in [-0.39, 0.29) is 24.9 Å². The van der Waals surface area contributed by atoms with Gasteiger partial charge in [-0.05, 0) is 5.56 Å². The van der Waals surface area contributed by atoms with Crippen LogP contribution in [0.5, 0.6) is 0 Å². The molecule has 24 heavy (non-hydrogen) atoms. The monoisotopic (exact) mass is 323 g/mol. The third kappa shape index (κ3) is 4.02. The second kappa shape index (κ2) is 7.47. The molecule has 122 valence electrons. The van der Waals surface area contributed by atoms with Crippen LogP contribution < -0.4 is 0 Å². The molecule has 0 saturated carbocycles. The second-order valence-electron chi connectivity index (χ2n) is 5.36. The Morgan fingerprint density at radius 1 is 0.875 bits per heavy atom. The Morgan fingerprint density at radius 3 is 1.88 bits per heavy atom. The summed E-state index contributed by atoms with van der Waals surface area (Å²) in [7, 11) is 0. The van der Waals surface area contributed by atoms with Crippen LogP contribution in [-0.2, 0) is 6.54 Å². The molecule has 0 saturated heterocycles. The SMILES string of the molecule is O=C(CN(CC(=O)n1ccnc1)Cc1ccccc1)n1ccnc1. The molecule has 3 rings (SSSR count). The van der Waals surface area contributed by atoms with Crippen molar-refractivity contribution in [1.82, 2.24) is 24.0 Å². The Labute approximate surface area is 139 Å². The quantitative estimate of drug-likeness (QED) is 0.688. The van der Waals surface area contributed by atoms with E-state index in [4.69, 9.17) is 0 Å². The number of imidazole rings is 2. The number of carbonyl (C=O) groups excluding carboxylic acids is 2. The van der Waals surface area contributed by atoms with Crippen molar-refractivity contribution < 1.29 is 9.59 Å². The zero-order valence-corrected chi connectivity index (χ0v) is 13.0. The van der Waals surface area contributed by atoms with Crippen molar-refractivity contribution in [2.24, 2.45) is 0 Å². The topological polar surface area (TPSA) is 73.0 Å². The van der Waals surface area contributed by atoms with Crippen molar-refractivity contribution in [2.45, 2.75) is 6.54 Å². The highest BCUT2D eigenvalue weighted by Crippen LogP contribution is 2.06. The largest absolute Gasteiger partial charge is 0.281 e. The number of benzene rings is 1. The molecule has 0 amide bonds. The van der Waals surface area contributed by atoms with Crippen LogP contribution >= 0.6 is 0 Å². The van der Waals surface area contributed by atoms with Gasteiger partial charge in [0.05, 0.1) is 13.1 Å². The van der Waals surface area contributed by atoms with E-state index < -0.39 is 0 Å². The van der Waals surface area contributed by atoms with Crippen LogP contribution in [0.1, 0.15) is 15.2 Å². The molecule has 7 nitrogen and oxygen atoms in total. The first-order valence-electron chi connectivity index (χ1n) is 7.51. The molecule has 0 aliphatic carbocycles. The van der Waals surface area contributed by atoms with Crippen LogP contribution in [0.3, 0.4) is 0 Å². The van der Waals surface area contributed by atoms with Gasteiger partial charge in [-0.2, -0.15) is 0 Å². The van der Waals surface area contributed by atoms with Gasteiger partial charge in [-0.3, -0.25) is 23.6 Å². The molecular formula is C17H17N5O2. The lowest BCUT2D eigenvalue weighted by molar-refractivity contribution is 0.0775. The lowest BCUT2D eigenvalue weighted by atomic mass is 10.2. The lowest BCUT2D eigenvalue weighted by Gasteiger charge is -2.21. The number of hydrogen-bond acceptors (Lipinski definition) is 5. The van der Waals surface area contributed by atoms with Crippen molar-refractivity contribution in [2.75, 3.05) is 13.1 Å². The predicted molar refractivity (Wildman–Crippen MR) is 87.4 cm³/mol. The molecular weight excluding hydrogens is 306 g/mol. The van der Waals surface area contributed by atoms with E-state index in [0.717, 1.165) is 5.56 Å². The van der Waals surface area contributed by atoms with E-state index >= 15 is 0 Å². The lowest BCUT2D eigenvalue weighted by Crippen LogP contribution is -2.37. The highest BCUT2D eigenvalue weighted by atomic mass is 16.2. The van der Waals surface area contributed by atoms with Gasteiger partial charge in [0.15, 0.2) is 0 Å². The molecule has 0 aliphatic heterocycles. The van der Waals surface area contributed by atoms with E-state index in [9.17, 15) is 9.59 Å². The van der Waals surface area contributed by atoms with Crippen LogP contribution in [0.4, 0.5) is 0 Å². The molecule has 0 atom stereocenters. The van der Waals surface area contributed by atoms with E-state index in [1.807, 2.05) is 30.3 Å². The van der Waals surface area contributed by atoms with Crippen molar-refractivity contribution in [3.05, 3.63) is 73.3 Å². The molecule has 0 bridgehead atoms. The maximum absolute atomic E-state index is 12.3. The molecule has 0 unspecified atom stereocenters. The normalized spacial score (nSPS) is 10.9. The first-order chi connectivity index (χ1) is 11.7. The third-order valence-corrected chi connectivity index (χ3v) is 3.55. The number of aromatic nitrogens is 4. The molecule has 3 aromatic rings. The zero-order valence-electron chi connectivity index (χ0n) is 13.0. The number of carbonyl (C=O) groups is 2. The molecule has 0 spiro atoms. The number of hydrogen-bond donors (Lipinski definition) is 0. The molecule has 0 radical (unpaired) electrons. The molecule has 0 aliphatic rings. The Bertz CT molecular complexity index is 734. The Morgan fingerprint density at radius 2 is 1.42 bits per heavy atom. The Kier molecular flexibility index (Phi) is 4.93. The van der Waals surface area contributed by atoms with Gasteiger partial charge in [0.25, 0.3) is 0 Å². The minimum atomic E-state index is -0.137. The van der Waals surface area contributed by atoms with Gasteiger partial charge in [0.1, 0.15) is 12.7 Å². The van der Waals surface area contributed by atoms with Gasteiger partial charge >= 0.3 is 0 Å². The summed E-state index contributed by atoms with van der Waals surface area (Å²) in [6, 6.07) is 9.74. The van der Waals surface area contributed by atoms with Crippen molar-refractivity contribution in [3.63, 3.8) is 0 Å². The van der Waals surface area contributed by atoms with E-state index in [1.54, 1.807) is 29.7 Å². The maximum atomic E-state index is 12.3. The minimum Gasteiger partial charge on any atom is -0.281 e. The molecule has 2 aromatic heterocycles. The summed E-state index contributed by atoms with van der Waals surface area (Å²) in [4.78, 5) is 34.2. The van der Waals surface area contributed by atoms with E-state index in [0.29, 0.717) is 6.54 Å². The van der Waals surface area contributed by atoms with Gasteiger partial charge < -0.3 is 0 Å². The summed E-state index contributed by atoms with van der Waals surface area (Å²) in [5, 5.41) is 0. The van der Waals surface area contributed by atoms with Crippen molar-refractivity contribution in [3.8, 4) is 0 Å². The maximum Gasteiger partial charge on any atom is 0.246 e. The standard InChI is InChI=1S/C17H17N5O2/c23-16(21-8-6-18-13-21)11-20(10-15-4-2-1-3-5-15)12-17(24)22-9-7-19-14-22/h1-9,13-14H,10-12H2. The van der Waals surface area contributed by atoms with E-state index in [1.165, 1.54) is 21.8 Å². The summed E-state index contributed by atoms with van der Waals surface area (Å²) in [6.45, 7) is 0.735. The van der Waals surface area contributed by atoms with Crippen LogP contribution in [0.25, 0.3) is 0 Å². The van der Waals surface area contributed by atoms with E-state index in [2.05, 4.69) is 9.97 Å². The number of rotatable bonds is 6. The van der Waals surface area contributed by atoms with Crippen LogP contribution in [-0.4, -0.2) is 48.9 Å². The summed E-state index contributed by atoms with van der Waals surface area (Å²) in [5.41, 5.74) is 1.04. The van der Waals surface area contributed by atoms with Gasteiger partial charge in [-0.25, -0.2) is 9.97 Å². The molecule has 0 N–H and O–H groups in total. The highest BCUT2D eigenvalue weighted by Gasteiger charge is 2.17. The van der Waals surface area contributed by atoms with Gasteiger partial charge in [-0.1, -0.05) is 30.3 Å². The first kappa shape index (κ1) is 15.8. The van der Waals surface area contributed by atoms with Crippen molar-refractivity contribution >= 4 is 11.8 Å². The van der Waals surface area contributed by atoms with Crippen LogP contribution in [0.15, 0.2) is 67.8 Å². The summed E-state index contributed by atoms with van der Waals surface area (Å²) in [5.74, 6) is -0.274. The summed E-state index contributed by atoms with van der Waals surface area (Å²) >= 11 is 0. The van der Waals surface area contributed by atoms with Crippen LogP contribution in [0, 0.1) is 0 Å². The average Bonchev–Trinajstić information content (AvgIpc) is 3.29. The van der Waals surface area contributed by atoms with Gasteiger partial charge in [0, 0.05) is 31.3 Å². The fraction of sp³-hybridized carbons (Fsp3) is 0.176. The fourth-order valence-corrected chi connectivity index (χ4v) is 2.37. The zero-order chi connectivity index (χ0) is 16.8. The Balaban J connectivity index is 1.72. The fourth-order valence-electron chi connectivity index (χ4n) is 2.37. The van der Waals surface area contributed by atoms with Crippen LogP contribution in [0.2, 0.25) is 0 Å².